The minimum atomic E-state index is -4.17. The second-order valence-corrected chi connectivity index (χ2v) is 9.97. The van der Waals surface area contributed by atoms with Crippen molar-refractivity contribution in [3.63, 3.8) is 0 Å². The zero-order chi connectivity index (χ0) is 28.3. The number of ether oxygens (including phenoxy) is 1. The van der Waals surface area contributed by atoms with Crippen LogP contribution in [0.5, 0.6) is 0 Å². The van der Waals surface area contributed by atoms with Gasteiger partial charge in [-0.2, -0.15) is 0 Å². The molecular weight excluding hydrogens is 524 g/mol. The van der Waals surface area contributed by atoms with Gasteiger partial charge < -0.3 is 15.4 Å². The van der Waals surface area contributed by atoms with Crippen molar-refractivity contribution in [3.05, 3.63) is 95.3 Å². The van der Waals surface area contributed by atoms with E-state index in [1.807, 2.05) is 17.7 Å². The molecule has 3 aromatic rings. The fourth-order valence-corrected chi connectivity index (χ4v) is 4.23. The van der Waals surface area contributed by atoms with Gasteiger partial charge in [-0.15, -0.1) is 0 Å². The summed E-state index contributed by atoms with van der Waals surface area (Å²) in [6.07, 6.45) is 2.20. The Morgan fingerprint density at radius 1 is 0.821 bits per heavy atom. The Hall–Kier alpha value is -4.58. The third-order valence-electron chi connectivity index (χ3n) is 5.31. The average molecular weight is 553 g/mol. The van der Waals surface area contributed by atoms with Gasteiger partial charge in [-0.3, -0.25) is 24.2 Å². The minimum Gasteiger partial charge on any atom is -0.464 e. The number of esters is 1. The molecule has 3 rings (SSSR count). The fraction of sp³-hybridized carbons (Fsp3) is 0.222. The number of hydrogen-bond donors (Lipinski definition) is 3. The van der Waals surface area contributed by atoms with Crippen LogP contribution in [-0.4, -0.2) is 56.8 Å². The van der Waals surface area contributed by atoms with Crippen molar-refractivity contribution in [2.75, 3.05) is 19.7 Å². The fourth-order valence-electron chi connectivity index (χ4n) is 3.26. The van der Waals surface area contributed by atoms with Gasteiger partial charge >= 0.3 is 5.97 Å². The van der Waals surface area contributed by atoms with E-state index in [1.54, 1.807) is 36.4 Å². The molecule has 0 saturated heterocycles. The first-order chi connectivity index (χ1) is 18.7. The Morgan fingerprint density at radius 3 is 2.18 bits per heavy atom. The average Bonchev–Trinajstić information content (AvgIpc) is 2.95. The third kappa shape index (κ3) is 8.75. The van der Waals surface area contributed by atoms with Gasteiger partial charge in [0.1, 0.15) is 12.2 Å². The van der Waals surface area contributed by atoms with E-state index in [0.29, 0.717) is 24.9 Å². The highest BCUT2D eigenvalue weighted by Gasteiger charge is 2.20. The molecule has 3 amide bonds. The summed E-state index contributed by atoms with van der Waals surface area (Å²) in [7, 11) is -4.17. The molecule has 1 aromatic heterocycles. The standard InChI is InChI=1S/C27H28N4O7S/c1-2-16-38-24(32)18-30-27(35)23-13-10-21(17-29-23)26(34)31-39(36,37)22-11-8-19(9-12-22)14-15-28-25(33)20-6-4-3-5-7-20/h3-13,17H,2,14-16,18H2,1H3,(H,28,33)(H,30,35)(H,31,34). The van der Waals surface area contributed by atoms with Crippen molar-refractivity contribution in [1.82, 2.24) is 20.3 Å². The lowest BCUT2D eigenvalue weighted by Gasteiger charge is -2.09. The molecule has 204 valence electrons. The van der Waals surface area contributed by atoms with Gasteiger partial charge in [0.2, 0.25) is 0 Å². The topological polar surface area (TPSA) is 161 Å². The molecular formula is C27H28N4O7S. The van der Waals surface area contributed by atoms with E-state index in [0.717, 1.165) is 11.8 Å². The maximum atomic E-state index is 12.7. The molecule has 39 heavy (non-hydrogen) atoms. The highest BCUT2D eigenvalue weighted by Crippen LogP contribution is 2.12. The normalized spacial score (nSPS) is 10.8. The summed E-state index contributed by atoms with van der Waals surface area (Å²) in [4.78, 5) is 51.9. The number of nitrogens with one attached hydrogen (secondary N) is 3. The molecule has 0 radical (unpaired) electrons. The van der Waals surface area contributed by atoms with Gasteiger partial charge in [0.25, 0.3) is 27.7 Å². The molecule has 11 nitrogen and oxygen atoms in total. The van der Waals surface area contributed by atoms with Crippen LogP contribution >= 0.6 is 0 Å². The van der Waals surface area contributed by atoms with E-state index in [-0.39, 0.29) is 35.2 Å². The van der Waals surface area contributed by atoms with Crippen LogP contribution in [0, 0.1) is 0 Å². The number of sulfonamides is 1. The van der Waals surface area contributed by atoms with E-state index in [9.17, 15) is 27.6 Å². The predicted molar refractivity (Wildman–Crippen MR) is 141 cm³/mol. The monoisotopic (exact) mass is 552 g/mol. The Morgan fingerprint density at radius 2 is 1.54 bits per heavy atom. The first kappa shape index (κ1) is 29.0. The van der Waals surface area contributed by atoms with Crippen LogP contribution in [0.15, 0.2) is 77.8 Å². The molecule has 0 spiro atoms. The van der Waals surface area contributed by atoms with Crippen molar-refractivity contribution < 1.29 is 32.3 Å². The maximum Gasteiger partial charge on any atom is 0.325 e. The molecule has 12 heteroatoms. The summed E-state index contributed by atoms with van der Waals surface area (Å²) in [5.74, 6) is -2.37. The minimum absolute atomic E-state index is 0.0618. The predicted octanol–water partition coefficient (Wildman–Crippen LogP) is 1.86. The highest BCUT2D eigenvalue weighted by molar-refractivity contribution is 7.90. The molecule has 0 aliphatic heterocycles. The second kappa shape index (κ2) is 13.8. The molecule has 0 fully saturated rings. The zero-order valence-electron chi connectivity index (χ0n) is 21.2. The number of carbonyl (C=O) groups excluding carboxylic acids is 4. The van der Waals surface area contributed by atoms with Gasteiger partial charge in [0.15, 0.2) is 0 Å². The van der Waals surface area contributed by atoms with Crippen LogP contribution in [0.3, 0.4) is 0 Å². The van der Waals surface area contributed by atoms with Crippen LogP contribution in [0.4, 0.5) is 0 Å². The van der Waals surface area contributed by atoms with Crippen molar-refractivity contribution >= 4 is 33.7 Å². The summed E-state index contributed by atoms with van der Waals surface area (Å²) >= 11 is 0. The number of amides is 3. The maximum absolute atomic E-state index is 12.7. The van der Waals surface area contributed by atoms with Crippen molar-refractivity contribution in [1.29, 1.82) is 0 Å². The van der Waals surface area contributed by atoms with Crippen molar-refractivity contribution in [3.8, 4) is 0 Å². The summed E-state index contributed by atoms with van der Waals surface area (Å²) < 4.78 is 32.2. The SMILES string of the molecule is CCCOC(=O)CNC(=O)c1ccc(C(=O)NS(=O)(=O)c2ccc(CCNC(=O)c3ccccc3)cc2)cn1. The molecule has 1 heterocycles. The van der Waals surface area contributed by atoms with Gasteiger partial charge in [-0.05, 0) is 54.8 Å². The van der Waals surface area contributed by atoms with E-state index in [4.69, 9.17) is 4.74 Å². The van der Waals surface area contributed by atoms with Gasteiger partial charge in [0.05, 0.1) is 17.1 Å². The van der Waals surface area contributed by atoms with E-state index >= 15 is 0 Å². The zero-order valence-corrected chi connectivity index (χ0v) is 22.0. The molecule has 0 aliphatic rings. The smallest absolute Gasteiger partial charge is 0.325 e. The summed E-state index contributed by atoms with van der Waals surface area (Å²) in [5, 5.41) is 5.15. The van der Waals surface area contributed by atoms with Crippen LogP contribution < -0.4 is 15.4 Å². The number of pyridine rings is 1. The molecule has 3 N–H and O–H groups in total. The molecule has 0 atom stereocenters. The number of nitrogens with zero attached hydrogens (tertiary/aromatic N) is 1. The van der Waals surface area contributed by atoms with Crippen LogP contribution in [0.2, 0.25) is 0 Å². The number of hydrogen-bond acceptors (Lipinski definition) is 8. The summed E-state index contributed by atoms with van der Waals surface area (Å²) in [6, 6.07) is 17.2. The third-order valence-corrected chi connectivity index (χ3v) is 6.66. The van der Waals surface area contributed by atoms with Gasteiger partial charge in [0, 0.05) is 18.3 Å². The Balaban J connectivity index is 1.51. The largest absolute Gasteiger partial charge is 0.464 e. The van der Waals surface area contributed by atoms with E-state index < -0.39 is 27.8 Å². The Labute approximate surface area is 226 Å². The Bertz CT molecular complexity index is 1410. The molecule has 0 bridgehead atoms. The van der Waals surface area contributed by atoms with Crippen LogP contribution in [-0.2, 0) is 26.0 Å². The lowest BCUT2D eigenvalue weighted by Crippen LogP contribution is -2.32. The lowest BCUT2D eigenvalue weighted by molar-refractivity contribution is -0.142. The summed E-state index contributed by atoms with van der Waals surface area (Å²) in [5.41, 5.74) is 1.20. The second-order valence-electron chi connectivity index (χ2n) is 8.29. The highest BCUT2D eigenvalue weighted by atomic mass is 32.2. The molecule has 2 aromatic carbocycles. The molecule has 0 unspecified atom stereocenters. The number of aromatic nitrogens is 1. The van der Waals surface area contributed by atoms with E-state index in [2.05, 4.69) is 15.6 Å². The molecule has 0 aliphatic carbocycles. The number of carbonyl (C=O) groups is 4. The van der Waals surface area contributed by atoms with Crippen molar-refractivity contribution in [2.45, 2.75) is 24.7 Å². The first-order valence-corrected chi connectivity index (χ1v) is 13.6. The first-order valence-electron chi connectivity index (χ1n) is 12.1. The Kier molecular flexibility index (Phi) is 10.3. The van der Waals surface area contributed by atoms with E-state index in [1.165, 1.54) is 24.3 Å². The number of rotatable bonds is 12. The van der Waals surface area contributed by atoms with Crippen LogP contribution in [0.1, 0.15) is 50.1 Å². The lowest BCUT2D eigenvalue weighted by atomic mass is 10.1. The van der Waals surface area contributed by atoms with Gasteiger partial charge in [-0.1, -0.05) is 37.3 Å². The van der Waals surface area contributed by atoms with Crippen LogP contribution in [0.25, 0.3) is 0 Å². The molecule has 0 saturated carbocycles. The summed E-state index contributed by atoms with van der Waals surface area (Å²) in [6.45, 7) is 2.12. The van der Waals surface area contributed by atoms with Crippen molar-refractivity contribution in [2.24, 2.45) is 0 Å². The number of benzene rings is 2. The quantitative estimate of drug-likeness (QED) is 0.287. The van der Waals surface area contributed by atoms with Gasteiger partial charge in [-0.25, -0.2) is 13.1 Å².